The average Bonchev–Trinajstić information content (AvgIpc) is 3.75. The zero-order chi connectivity index (χ0) is 53.2. The van der Waals surface area contributed by atoms with Crippen LogP contribution in [0.4, 0.5) is 49.9 Å². The number of hydrogen-bond acceptors (Lipinski definition) is 3. The summed E-state index contributed by atoms with van der Waals surface area (Å²) in [6.45, 7) is 35.8. The summed E-state index contributed by atoms with van der Waals surface area (Å²) in [6, 6.07) is 51.3. The third-order valence-corrected chi connectivity index (χ3v) is 19.4. The molecule has 0 aromatic heterocycles. The zero-order valence-corrected chi connectivity index (χ0v) is 47.7. The van der Waals surface area contributed by atoms with Gasteiger partial charge in [0.2, 0.25) is 0 Å². The van der Waals surface area contributed by atoms with Crippen molar-refractivity contribution in [3.05, 3.63) is 173 Å². The number of hydrogen-bond donors (Lipinski definition) is 0. The van der Waals surface area contributed by atoms with Crippen molar-refractivity contribution in [3.8, 4) is 11.1 Å². The van der Waals surface area contributed by atoms with Crippen LogP contribution in [0.5, 0.6) is 0 Å². The molecule has 0 amide bonds. The van der Waals surface area contributed by atoms with Gasteiger partial charge in [0, 0.05) is 50.8 Å². The molecule has 3 nitrogen and oxygen atoms in total. The highest BCUT2D eigenvalue weighted by Crippen LogP contribution is 2.62. The van der Waals surface area contributed by atoms with E-state index in [0.717, 1.165) is 55.5 Å². The number of benzene rings is 7. The van der Waals surface area contributed by atoms with Gasteiger partial charge in [-0.05, 0) is 188 Å². The largest absolute Gasteiger partial charge is 0.334 e. The predicted octanol–water partition coefficient (Wildman–Crippen LogP) is 17.6. The molecule has 3 aliphatic heterocycles. The van der Waals surface area contributed by atoms with Gasteiger partial charge in [-0.25, -0.2) is 4.39 Å². The molecule has 0 bridgehead atoms. The summed E-state index contributed by atoms with van der Waals surface area (Å²) in [5.41, 5.74) is 23.4. The first kappa shape index (κ1) is 49.8. The van der Waals surface area contributed by atoms with E-state index in [1.54, 1.807) is 6.07 Å². The van der Waals surface area contributed by atoms with Gasteiger partial charge in [-0.3, -0.25) is 0 Å². The van der Waals surface area contributed by atoms with Crippen LogP contribution in [0.2, 0.25) is 0 Å². The van der Waals surface area contributed by atoms with Crippen molar-refractivity contribution >= 4 is 68.6 Å². The van der Waals surface area contributed by atoms with Crippen molar-refractivity contribution in [2.45, 2.75) is 180 Å². The lowest BCUT2D eigenvalue weighted by molar-refractivity contribution is 0.194. The lowest BCUT2D eigenvalue weighted by Crippen LogP contribution is -2.62. The maximum atomic E-state index is 15.5. The summed E-state index contributed by atoms with van der Waals surface area (Å²) in [4.78, 5) is 7.94. The van der Waals surface area contributed by atoms with Crippen LogP contribution < -0.4 is 31.1 Å². The first-order valence-electron chi connectivity index (χ1n) is 28.2. The number of anilines is 8. The van der Waals surface area contributed by atoms with Crippen LogP contribution in [-0.2, 0) is 32.5 Å². The Labute approximate surface area is 449 Å². The molecule has 384 valence electrons. The van der Waals surface area contributed by atoms with Gasteiger partial charge in [0.1, 0.15) is 5.82 Å². The lowest BCUT2D eigenvalue weighted by Gasteiger charge is -2.51. The molecule has 7 aromatic carbocycles. The van der Waals surface area contributed by atoms with Gasteiger partial charge in [0.25, 0.3) is 6.71 Å². The molecular weight excluding hydrogens is 913 g/mol. The number of fused-ring (bicyclic) bond motifs is 8. The van der Waals surface area contributed by atoms with Crippen LogP contribution in [0.15, 0.2) is 133 Å². The van der Waals surface area contributed by atoms with Crippen molar-refractivity contribution in [1.82, 2.24) is 0 Å². The molecular formula is C70H79BFN3. The first-order chi connectivity index (χ1) is 35.2. The fraction of sp³-hybridized carbons (Fsp3) is 0.400. The van der Waals surface area contributed by atoms with Crippen molar-refractivity contribution in [1.29, 1.82) is 0 Å². The van der Waals surface area contributed by atoms with Crippen molar-refractivity contribution < 1.29 is 4.39 Å². The predicted molar refractivity (Wildman–Crippen MR) is 320 cm³/mol. The van der Waals surface area contributed by atoms with Crippen LogP contribution in [0.1, 0.15) is 176 Å². The molecule has 0 saturated heterocycles. The molecule has 5 heteroatoms. The molecule has 0 radical (unpaired) electrons. The Bertz CT molecular complexity index is 3460. The Hall–Kier alpha value is -6.07. The number of nitrogens with zero attached hydrogens (tertiary/aromatic N) is 3. The minimum atomic E-state index is -0.234. The lowest BCUT2D eigenvalue weighted by atomic mass is 9.33. The van der Waals surface area contributed by atoms with Crippen LogP contribution in [0.3, 0.4) is 0 Å². The van der Waals surface area contributed by atoms with E-state index in [9.17, 15) is 0 Å². The Morgan fingerprint density at radius 3 is 1.67 bits per heavy atom. The molecule has 0 N–H and O–H groups in total. The zero-order valence-electron chi connectivity index (χ0n) is 47.7. The highest BCUT2D eigenvalue weighted by molar-refractivity contribution is 7.00. The van der Waals surface area contributed by atoms with Crippen molar-refractivity contribution in [2.24, 2.45) is 0 Å². The van der Waals surface area contributed by atoms with Gasteiger partial charge in [0.15, 0.2) is 0 Å². The second kappa shape index (κ2) is 16.5. The first-order valence-corrected chi connectivity index (χ1v) is 28.2. The molecule has 75 heavy (non-hydrogen) atoms. The molecule has 3 heterocycles. The van der Waals surface area contributed by atoms with Crippen LogP contribution in [-0.4, -0.2) is 12.3 Å². The second-order valence-corrected chi connectivity index (χ2v) is 28.2. The summed E-state index contributed by atoms with van der Waals surface area (Å²) >= 11 is 0. The molecule has 2 unspecified atom stereocenters. The Morgan fingerprint density at radius 2 is 1.01 bits per heavy atom. The van der Waals surface area contributed by atoms with E-state index in [2.05, 4.69) is 240 Å². The summed E-state index contributed by atoms with van der Waals surface area (Å²) in [5.74, 6) is -0.151. The number of halogens is 1. The fourth-order valence-corrected chi connectivity index (χ4v) is 14.4. The van der Waals surface area contributed by atoms with Crippen molar-refractivity contribution in [2.75, 3.05) is 14.7 Å². The second-order valence-electron chi connectivity index (χ2n) is 28.2. The summed E-state index contributed by atoms with van der Waals surface area (Å²) in [7, 11) is 0. The third kappa shape index (κ3) is 7.54. The van der Waals surface area contributed by atoms with E-state index in [1.807, 2.05) is 6.07 Å². The SMILES string of the molecule is CC(C)(C)c1ccc(N2c3cc(N4c5ccc(F)cc5C5(C)CCCCC45C)ccc3B3c4cc5c(cc4N(c4ccc(C(C)(C)C)cc4-c4ccccc4)c4cc(C(C)(C)C)cc2c43)C(C)(C)CCC5(C)C)cc1. The van der Waals surface area contributed by atoms with Crippen LogP contribution in [0, 0.1) is 5.82 Å². The number of rotatable bonds is 4. The van der Waals surface area contributed by atoms with Crippen LogP contribution >= 0.6 is 0 Å². The molecule has 7 aromatic rings. The van der Waals surface area contributed by atoms with E-state index in [0.29, 0.717) is 0 Å². The normalized spacial score (nSPS) is 21.2. The molecule has 1 fully saturated rings. The average molecular weight is 992 g/mol. The highest BCUT2D eigenvalue weighted by Gasteiger charge is 2.58. The molecule has 5 aliphatic rings. The van der Waals surface area contributed by atoms with Gasteiger partial charge in [-0.15, -0.1) is 0 Å². The maximum Gasteiger partial charge on any atom is 0.252 e. The molecule has 2 atom stereocenters. The van der Waals surface area contributed by atoms with E-state index < -0.39 is 0 Å². The molecule has 0 spiro atoms. The van der Waals surface area contributed by atoms with E-state index in [4.69, 9.17) is 0 Å². The molecule has 1 saturated carbocycles. The van der Waals surface area contributed by atoms with Gasteiger partial charge in [-0.2, -0.15) is 0 Å². The highest BCUT2D eigenvalue weighted by atomic mass is 19.1. The topological polar surface area (TPSA) is 9.72 Å². The molecule has 2 aliphatic carbocycles. The van der Waals surface area contributed by atoms with Gasteiger partial charge < -0.3 is 14.7 Å². The van der Waals surface area contributed by atoms with Crippen molar-refractivity contribution in [3.63, 3.8) is 0 Å². The minimum Gasteiger partial charge on any atom is -0.334 e. The standard InChI is InChI=1S/C70H79BFN3/c1-64(2,3)45-23-27-49(28-24-45)73-59-41-50(75-58-32-26-48(72)40-54(58)69(14)33-19-20-34-70(69,75)15)29-30-55(59)71-56-42-52-53(68(12,13)36-35-67(52,10)11)43-60(56)74(62-39-47(66(7,8)9)38-61(73)63(62)71)57-31-25-46(65(4,5)6)37-51(57)44-21-17-16-18-22-44/h16-18,21-32,37-43H,19-20,33-36H2,1-15H3. The summed E-state index contributed by atoms with van der Waals surface area (Å²) in [5, 5.41) is 0. The van der Waals surface area contributed by atoms with Gasteiger partial charge >= 0.3 is 0 Å². The summed E-state index contributed by atoms with van der Waals surface area (Å²) < 4.78 is 15.5. The summed E-state index contributed by atoms with van der Waals surface area (Å²) in [6.07, 6.45) is 6.66. The molecule has 12 rings (SSSR count). The Balaban J connectivity index is 1.21. The van der Waals surface area contributed by atoms with Gasteiger partial charge in [0.05, 0.1) is 11.2 Å². The Morgan fingerprint density at radius 1 is 0.440 bits per heavy atom. The monoisotopic (exact) mass is 992 g/mol. The van der Waals surface area contributed by atoms with E-state index >= 15 is 4.39 Å². The Kier molecular flexibility index (Phi) is 10.9. The van der Waals surface area contributed by atoms with E-state index in [-0.39, 0.29) is 50.6 Å². The minimum absolute atomic E-state index is 0.000366. The third-order valence-electron chi connectivity index (χ3n) is 19.4. The quantitative estimate of drug-likeness (QED) is 0.163. The van der Waals surface area contributed by atoms with Gasteiger partial charge in [-0.1, -0.05) is 170 Å². The van der Waals surface area contributed by atoms with E-state index in [1.165, 1.54) is 89.5 Å². The van der Waals surface area contributed by atoms with Crippen LogP contribution in [0.25, 0.3) is 11.1 Å². The fourth-order valence-electron chi connectivity index (χ4n) is 14.4. The smallest absolute Gasteiger partial charge is 0.252 e. The maximum absolute atomic E-state index is 15.5.